The number of imide groups is 1. The van der Waals surface area contributed by atoms with E-state index in [1.54, 1.807) is 19.1 Å². The minimum atomic E-state index is -0.529. The van der Waals surface area contributed by atoms with Crippen LogP contribution in [0.2, 0.25) is 0 Å². The van der Waals surface area contributed by atoms with E-state index < -0.39 is 17.1 Å². The van der Waals surface area contributed by atoms with Gasteiger partial charge in [-0.2, -0.15) is 0 Å². The summed E-state index contributed by atoms with van der Waals surface area (Å²) in [7, 11) is 0. The molecule has 1 fully saturated rings. The van der Waals surface area contributed by atoms with Gasteiger partial charge in [-0.25, -0.2) is 0 Å². The second kappa shape index (κ2) is 6.59. The van der Waals surface area contributed by atoms with Crippen molar-refractivity contribution in [2.75, 3.05) is 19.7 Å². The maximum Gasteiger partial charge on any atom is 0.294 e. The van der Waals surface area contributed by atoms with Crippen LogP contribution in [-0.4, -0.2) is 46.8 Å². The fourth-order valence-corrected chi connectivity index (χ4v) is 2.51. The van der Waals surface area contributed by atoms with Gasteiger partial charge in [-0.3, -0.25) is 19.3 Å². The Kier molecular flexibility index (Phi) is 4.81. The average molecular weight is 310 g/mol. The summed E-state index contributed by atoms with van der Waals surface area (Å²) in [6, 6.07) is 3.44. The molecule has 1 aliphatic rings. The number of hydrogen-bond donors (Lipinski definition) is 2. The molecule has 8 heteroatoms. The largest absolute Gasteiger partial charge is 0.462 e. The summed E-state index contributed by atoms with van der Waals surface area (Å²) in [6.45, 7) is 1.29. The van der Waals surface area contributed by atoms with Crippen LogP contribution in [0.4, 0.5) is 4.79 Å². The van der Waals surface area contributed by atoms with Crippen molar-refractivity contribution in [1.29, 1.82) is 0 Å². The number of thioether (sulfide) groups is 1. The number of aliphatic hydroxyl groups excluding tert-OH is 1. The Hall–Kier alpha value is -2.06. The lowest BCUT2D eigenvalue weighted by Crippen LogP contribution is -2.40. The summed E-state index contributed by atoms with van der Waals surface area (Å²) in [4.78, 5) is 36.4. The fourth-order valence-electron chi connectivity index (χ4n) is 1.69. The standard InChI is InChI=1S/C13H14N2O5S/c1-8-2-3-9(20-8)6-10-12(18)15(13(19)21-10)7-11(17)14-4-5-16/h2-3,6,16H,4-5,7H2,1H3,(H,14,17)/b10-6-. The number of nitrogens with one attached hydrogen (secondary N) is 1. The number of hydrogen-bond acceptors (Lipinski definition) is 6. The number of carbonyl (C=O) groups excluding carboxylic acids is 3. The number of furan rings is 1. The summed E-state index contributed by atoms with van der Waals surface area (Å²) >= 11 is 0.761. The summed E-state index contributed by atoms with van der Waals surface area (Å²) in [5, 5.41) is 10.5. The predicted octanol–water partition coefficient (Wildman–Crippen LogP) is 0.733. The molecule has 1 aliphatic heterocycles. The Labute approximate surface area is 125 Å². The number of amides is 3. The van der Waals surface area contributed by atoms with Gasteiger partial charge in [0.15, 0.2) is 0 Å². The molecule has 0 atom stereocenters. The van der Waals surface area contributed by atoms with Crippen LogP contribution >= 0.6 is 11.8 Å². The number of aliphatic hydroxyl groups is 1. The second-order valence-corrected chi connectivity index (χ2v) is 5.28. The minimum absolute atomic E-state index is 0.0799. The van der Waals surface area contributed by atoms with Gasteiger partial charge in [0.1, 0.15) is 18.1 Å². The van der Waals surface area contributed by atoms with E-state index in [-0.39, 0.29) is 24.6 Å². The minimum Gasteiger partial charge on any atom is -0.462 e. The first kappa shape index (κ1) is 15.3. The third-order valence-corrected chi connectivity index (χ3v) is 3.55. The van der Waals surface area contributed by atoms with Crippen LogP contribution in [0, 0.1) is 6.92 Å². The zero-order valence-electron chi connectivity index (χ0n) is 11.3. The molecule has 1 saturated heterocycles. The van der Waals surface area contributed by atoms with Gasteiger partial charge in [0.2, 0.25) is 5.91 Å². The molecular weight excluding hydrogens is 296 g/mol. The molecule has 2 N–H and O–H groups in total. The molecule has 2 heterocycles. The maximum absolute atomic E-state index is 12.1. The summed E-state index contributed by atoms with van der Waals surface area (Å²) < 4.78 is 5.32. The highest BCUT2D eigenvalue weighted by molar-refractivity contribution is 8.18. The third kappa shape index (κ3) is 3.73. The average Bonchev–Trinajstić information content (AvgIpc) is 2.95. The van der Waals surface area contributed by atoms with Crippen LogP contribution in [0.15, 0.2) is 21.5 Å². The summed E-state index contributed by atoms with van der Waals surface area (Å²) in [5.41, 5.74) is 0. The van der Waals surface area contributed by atoms with E-state index in [1.807, 2.05) is 0 Å². The second-order valence-electron chi connectivity index (χ2n) is 4.29. The molecule has 0 aliphatic carbocycles. The first-order valence-corrected chi connectivity index (χ1v) is 7.02. The van der Waals surface area contributed by atoms with Crippen LogP contribution in [0.25, 0.3) is 6.08 Å². The number of rotatable bonds is 5. The predicted molar refractivity (Wildman–Crippen MR) is 76.2 cm³/mol. The van der Waals surface area contributed by atoms with E-state index in [4.69, 9.17) is 9.52 Å². The van der Waals surface area contributed by atoms with E-state index in [0.717, 1.165) is 16.7 Å². The first-order valence-electron chi connectivity index (χ1n) is 6.20. The molecule has 0 spiro atoms. The highest BCUT2D eigenvalue weighted by Gasteiger charge is 2.36. The summed E-state index contributed by atoms with van der Waals surface area (Å²) in [6.07, 6.45) is 1.48. The smallest absolute Gasteiger partial charge is 0.294 e. The molecule has 3 amide bonds. The monoisotopic (exact) mass is 310 g/mol. The Balaban J connectivity index is 2.06. The molecule has 7 nitrogen and oxygen atoms in total. The number of carbonyl (C=O) groups is 3. The van der Waals surface area contributed by atoms with Gasteiger partial charge in [-0.05, 0) is 30.8 Å². The molecule has 0 aromatic carbocycles. The zero-order chi connectivity index (χ0) is 15.4. The fraction of sp³-hybridized carbons (Fsp3) is 0.308. The molecule has 112 valence electrons. The van der Waals surface area contributed by atoms with Crippen LogP contribution in [0.1, 0.15) is 11.5 Å². The van der Waals surface area contributed by atoms with Crippen molar-refractivity contribution in [2.24, 2.45) is 0 Å². The Morgan fingerprint density at radius 1 is 1.48 bits per heavy atom. The Morgan fingerprint density at radius 2 is 2.24 bits per heavy atom. The molecule has 0 unspecified atom stereocenters. The molecule has 0 bridgehead atoms. The summed E-state index contributed by atoms with van der Waals surface area (Å²) in [5.74, 6) is 0.145. The molecule has 21 heavy (non-hydrogen) atoms. The lowest BCUT2D eigenvalue weighted by molar-refractivity contribution is -0.129. The van der Waals surface area contributed by atoms with Crippen molar-refractivity contribution in [2.45, 2.75) is 6.92 Å². The van der Waals surface area contributed by atoms with Gasteiger partial charge in [-0.1, -0.05) is 0 Å². The molecule has 0 saturated carbocycles. The van der Waals surface area contributed by atoms with Crippen LogP contribution in [0.3, 0.4) is 0 Å². The van der Waals surface area contributed by atoms with Crippen molar-refractivity contribution >= 4 is 34.9 Å². The van der Waals surface area contributed by atoms with Crippen molar-refractivity contribution in [1.82, 2.24) is 10.2 Å². The Morgan fingerprint density at radius 3 is 2.86 bits per heavy atom. The van der Waals surface area contributed by atoms with Crippen molar-refractivity contribution in [3.05, 3.63) is 28.6 Å². The number of nitrogens with zero attached hydrogens (tertiary/aromatic N) is 1. The van der Waals surface area contributed by atoms with E-state index in [2.05, 4.69) is 5.32 Å². The van der Waals surface area contributed by atoms with Gasteiger partial charge in [-0.15, -0.1) is 0 Å². The maximum atomic E-state index is 12.1. The highest BCUT2D eigenvalue weighted by Crippen LogP contribution is 2.32. The van der Waals surface area contributed by atoms with E-state index >= 15 is 0 Å². The number of aryl methyl sites for hydroxylation is 1. The zero-order valence-corrected chi connectivity index (χ0v) is 12.1. The molecular formula is C13H14N2O5S. The van der Waals surface area contributed by atoms with Crippen molar-refractivity contribution in [3.8, 4) is 0 Å². The van der Waals surface area contributed by atoms with Crippen molar-refractivity contribution in [3.63, 3.8) is 0 Å². The highest BCUT2D eigenvalue weighted by atomic mass is 32.2. The molecule has 1 aromatic heterocycles. The lowest BCUT2D eigenvalue weighted by atomic mass is 10.3. The van der Waals surface area contributed by atoms with E-state index in [1.165, 1.54) is 6.08 Å². The first-order chi connectivity index (χ1) is 10.0. The van der Waals surface area contributed by atoms with Crippen LogP contribution in [-0.2, 0) is 9.59 Å². The van der Waals surface area contributed by atoms with E-state index in [9.17, 15) is 14.4 Å². The molecule has 1 aromatic rings. The molecule has 2 rings (SSSR count). The Bertz CT molecular complexity index is 607. The van der Waals surface area contributed by atoms with Gasteiger partial charge >= 0.3 is 0 Å². The van der Waals surface area contributed by atoms with Gasteiger partial charge in [0.05, 0.1) is 11.5 Å². The normalized spacial score (nSPS) is 16.9. The van der Waals surface area contributed by atoms with Crippen LogP contribution < -0.4 is 5.32 Å². The SMILES string of the molecule is Cc1ccc(/C=C2\SC(=O)N(CC(=O)NCCO)C2=O)o1. The molecule has 0 radical (unpaired) electrons. The van der Waals surface area contributed by atoms with Crippen LogP contribution in [0.5, 0.6) is 0 Å². The lowest BCUT2D eigenvalue weighted by Gasteiger charge is -2.11. The topological polar surface area (TPSA) is 99.9 Å². The quantitative estimate of drug-likeness (QED) is 0.778. The van der Waals surface area contributed by atoms with Gasteiger partial charge < -0.3 is 14.8 Å². The third-order valence-electron chi connectivity index (χ3n) is 2.64. The van der Waals surface area contributed by atoms with Crippen molar-refractivity contribution < 1.29 is 23.9 Å². The van der Waals surface area contributed by atoms with E-state index in [0.29, 0.717) is 11.5 Å². The van der Waals surface area contributed by atoms with Gasteiger partial charge in [0, 0.05) is 12.6 Å². The van der Waals surface area contributed by atoms with Gasteiger partial charge in [0.25, 0.3) is 11.1 Å².